The molecule has 0 bridgehead atoms. The van der Waals surface area contributed by atoms with E-state index in [1.54, 1.807) is 0 Å². The fraction of sp³-hybridized carbons (Fsp3) is 0.455. The molecule has 0 aromatic carbocycles. The van der Waals surface area contributed by atoms with Crippen LogP contribution in [0, 0.1) is 6.92 Å². The van der Waals surface area contributed by atoms with E-state index in [0.717, 1.165) is 21.3 Å². The Morgan fingerprint density at radius 3 is 2.80 bits per heavy atom. The zero-order valence-electron chi connectivity index (χ0n) is 11.2. The summed E-state index contributed by atoms with van der Waals surface area (Å²) in [5, 5.41) is 6.82. The summed E-state index contributed by atoms with van der Waals surface area (Å²) in [6.07, 6.45) is 1.79. The Labute approximate surface area is 126 Å². The van der Waals surface area contributed by atoms with Crippen molar-refractivity contribution >= 4 is 43.5 Å². The number of aryl methyl sites for hydroxylation is 1. The van der Waals surface area contributed by atoms with Crippen LogP contribution in [0.4, 0.5) is 10.8 Å². The highest BCUT2D eigenvalue weighted by atomic mass is 32.2. The largest absolute Gasteiger partial charge is 0.382 e. The average Bonchev–Trinajstić information content (AvgIpc) is 2.90. The van der Waals surface area contributed by atoms with Gasteiger partial charge < -0.3 is 11.1 Å². The van der Waals surface area contributed by atoms with E-state index in [9.17, 15) is 8.42 Å². The first-order chi connectivity index (χ1) is 9.37. The molecule has 2 aromatic heterocycles. The molecule has 0 radical (unpaired) electrons. The Hall–Kier alpha value is -1.19. The third-order valence-corrected chi connectivity index (χ3v) is 5.36. The van der Waals surface area contributed by atoms with Gasteiger partial charge in [-0.3, -0.25) is 0 Å². The second kappa shape index (κ2) is 6.06. The zero-order valence-corrected chi connectivity index (χ0v) is 13.7. The second-order valence-electron chi connectivity index (χ2n) is 4.48. The van der Waals surface area contributed by atoms with E-state index in [1.807, 2.05) is 12.3 Å². The Balaban J connectivity index is 2.06. The molecule has 0 aliphatic carbocycles. The van der Waals surface area contributed by atoms with E-state index in [4.69, 9.17) is 5.73 Å². The van der Waals surface area contributed by atoms with Crippen molar-refractivity contribution in [2.24, 2.45) is 0 Å². The summed E-state index contributed by atoms with van der Waals surface area (Å²) in [5.41, 5.74) is 7.64. The lowest BCUT2D eigenvalue weighted by Crippen LogP contribution is -2.09. The fourth-order valence-electron chi connectivity index (χ4n) is 1.63. The number of thiazole rings is 1. The van der Waals surface area contributed by atoms with Crippen LogP contribution in [0.25, 0.3) is 10.6 Å². The molecule has 0 atom stereocenters. The van der Waals surface area contributed by atoms with Crippen LogP contribution < -0.4 is 11.1 Å². The molecule has 0 saturated heterocycles. The lowest BCUT2D eigenvalue weighted by Gasteiger charge is -2.05. The number of hydrogen-bond donors (Lipinski definition) is 2. The van der Waals surface area contributed by atoms with Gasteiger partial charge in [-0.2, -0.15) is 4.37 Å². The third kappa shape index (κ3) is 3.90. The Bertz CT molecular complexity index is 690. The van der Waals surface area contributed by atoms with Crippen molar-refractivity contribution in [1.29, 1.82) is 0 Å². The number of nitrogen functional groups attached to an aromatic ring is 1. The molecule has 9 heteroatoms. The van der Waals surface area contributed by atoms with Gasteiger partial charge in [0, 0.05) is 23.9 Å². The normalized spacial score (nSPS) is 11.7. The minimum absolute atomic E-state index is 0.167. The fourth-order valence-corrected chi connectivity index (χ4v) is 3.96. The van der Waals surface area contributed by atoms with Crippen LogP contribution in [0.15, 0.2) is 5.38 Å². The number of hydrogen-bond acceptors (Lipinski definition) is 8. The number of nitrogens with one attached hydrogen (secondary N) is 1. The van der Waals surface area contributed by atoms with E-state index < -0.39 is 9.84 Å². The molecular formula is C11H16N4O2S3. The van der Waals surface area contributed by atoms with E-state index in [-0.39, 0.29) is 5.75 Å². The highest BCUT2D eigenvalue weighted by Crippen LogP contribution is 2.38. The number of aromatic nitrogens is 2. The monoisotopic (exact) mass is 332 g/mol. The van der Waals surface area contributed by atoms with Crippen LogP contribution in [0.1, 0.15) is 12.1 Å². The van der Waals surface area contributed by atoms with Crippen molar-refractivity contribution in [2.75, 3.05) is 29.6 Å². The lowest BCUT2D eigenvalue weighted by atomic mass is 10.3. The standard InChI is InChI=1S/C11H16N4O2S3/c1-7-6-18-11(14-7)8-9(12)15-19-10(8)13-4-3-5-20(2,16)17/h6,13H,3-5H2,1-2H3,(H2,12,15). The molecule has 0 saturated carbocycles. The van der Waals surface area contributed by atoms with E-state index in [0.29, 0.717) is 18.8 Å². The summed E-state index contributed by atoms with van der Waals surface area (Å²) in [7, 11) is -2.92. The highest BCUT2D eigenvalue weighted by molar-refractivity contribution is 7.90. The van der Waals surface area contributed by atoms with Crippen molar-refractivity contribution in [3.05, 3.63) is 11.1 Å². The molecule has 3 N–H and O–H groups in total. The molecule has 0 fully saturated rings. The van der Waals surface area contributed by atoms with Crippen LogP contribution in [0.5, 0.6) is 0 Å². The zero-order chi connectivity index (χ0) is 14.8. The summed E-state index contributed by atoms with van der Waals surface area (Å²) in [4.78, 5) is 4.41. The van der Waals surface area contributed by atoms with Crippen molar-refractivity contribution in [3.63, 3.8) is 0 Å². The van der Waals surface area contributed by atoms with Crippen molar-refractivity contribution < 1.29 is 8.42 Å². The quantitative estimate of drug-likeness (QED) is 0.785. The Morgan fingerprint density at radius 2 is 2.20 bits per heavy atom. The Morgan fingerprint density at radius 1 is 1.45 bits per heavy atom. The maximum absolute atomic E-state index is 11.1. The SMILES string of the molecule is Cc1csc(-c2c(N)nsc2NCCCS(C)(=O)=O)n1. The first kappa shape index (κ1) is 15.2. The molecule has 0 aliphatic rings. The van der Waals surface area contributed by atoms with Gasteiger partial charge in [0.15, 0.2) is 0 Å². The number of anilines is 2. The van der Waals surface area contributed by atoms with Crippen LogP contribution >= 0.6 is 22.9 Å². The Kier molecular flexibility index (Phi) is 4.61. The van der Waals surface area contributed by atoms with Crippen LogP contribution in [0.2, 0.25) is 0 Å². The minimum atomic E-state index is -2.92. The van der Waals surface area contributed by atoms with E-state index >= 15 is 0 Å². The summed E-state index contributed by atoms with van der Waals surface area (Å²) < 4.78 is 26.3. The van der Waals surface area contributed by atoms with Gasteiger partial charge in [0.25, 0.3) is 0 Å². The van der Waals surface area contributed by atoms with E-state index in [2.05, 4.69) is 14.7 Å². The van der Waals surface area contributed by atoms with Crippen LogP contribution in [-0.2, 0) is 9.84 Å². The summed E-state index contributed by atoms with van der Waals surface area (Å²) in [6.45, 7) is 2.49. The summed E-state index contributed by atoms with van der Waals surface area (Å²) in [5.74, 6) is 0.620. The molecule has 0 spiro atoms. The predicted octanol–water partition coefficient (Wildman–Crippen LogP) is 2.00. The topological polar surface area (TPSA) is 98.0 Å². The lowest BCUT2D eigenvalue weighted by molar-refractivity contribution is 0.600. The molecule has 2 rings (SSSR count). The highest BCUT2D eigenvalue weighted by Gasteiger charge is 2.16. The van der Waals surface area contributed by atoms with E-state index in [1.165, 1.54) is 29.1 Å². The van der Waals surface area contributed by atoms with Gasteiger partial charge in [0.2, 0.25) is 0 Å². The number of nitrogens with two attached hydrogens (primary N) is 1. The number of sulfone groups is 1. The number of nitrogens with zero attached hydrogens (tertiary/aromatic N) is 2. The first-order valence-corrected chi connectivity index (χ1v) is 9.67. The molecule has 2 heterocycles. The average molecular weight is 332 g/mol. The molecule has 0 aliphatic heterocycles. The van der Waals surface area contributed by atoms with Crippen molar-refractivity contribution in [1.82, 2.24) is 9.36 Å². The summed E-state index contributed by atoms with van der Waals surface area (Å²) in [6, 6.07) is 0. The molecule has 2 aromatic rings. The van der Waals surface area contributed by atoms with Gasteiger partial charge in [-0.1, -0.05) is 0 Å². The van der Waals surface area contributed by atoms with Gasteiger partial charge in [-0.05, 0) is 24.9 Å². The predicted molar refractivity (Wildman–Crippen MR) is 85.2 cm³/mol. The van der Waals surface area contributed by atoms with Gasteiger partial charge >= 0.3 is 0 Å². The van der Waals surface area contributed by atoms with Gasteiger partial charge in [-0.25, -0.2) is 13.4 Å². The van der Waals surface area contributed by atoms with Gasteiger partial charge in [0.05, 0.1) is 11.3 Å². The third-order valence-electron chi connectivity index (χ3n) is 2.53. The molecule has 20 heavy (non-hydrogen) atoms. The first-order valence-electron chi connectivity index (χ1n) is 5.96. The van der Waals surface area contributed by atoms with Crippen LogP contribution in [-0.4, -0.2) is 36.3 Å². The maximum Gasteiger partial charge on any atom is 0.149 e. The molecule has 0 amide bonds. The second-order valence-corrected chi connectivity index (χ2v) is 8.37. The molecular weight excluding hydrogens is 316 g/mol. The molecule has 6 nitrogen and oxygen atoms in total. The smallest absolute Gasteiger partial charge is 0.149 e. The van der Waals surface area contributed by atoms with Gasteiger partial charge in [-0.15, -0.1) is 11.3 Å². The van der Waals surface area contributed by atoms with Gasteiger partial charge in [0.1, 0.15) is 25.7 Å². The molecule has 110 valence electrons. The van der Waals surface area contributed by atoms with Crippen LogP contribution in [0.3, 0.4) is 0 Å². The van der Waals surface area contributed by atoms with Crippen molar-refractivity contribution in [2.45, 2.75) is 13.3 Å². The minimum Gasteiger partial charge on any atom is -0.382 e. The van der Waals surface area contributed by atoms with Crippen molar-refractivity contribution in [3.8, 4) is 10.6 Å². The number of rotatable bonds is 6. The molecule has 0 unspecified atom stereocenters. The summed E-state index contributed by atoms with van der Waals surface area (Å²) >= 11 is 2.79. The maximum atomic E-state index is 11.1.